The molecule has 1 atom stereocenters. The summed E-state index contributed by atoms with van der Waals surface area (Å²) in [6.45, 7) is 7.68. The van der Waals surface area contributed by atoms with E-state index in [-0.39, 0.29) is 24.5 Å². The van der Waals surface area contributed by atoms with Crippen LogP contribution in [0.1, 0.15) is 30.9 Å². The summed E-state index contributed by atoms with van der Waals surface area (Å²) in [7, 11) is 1.85. The van der Waals surface area contributed by atoms with E-state index in [0.29, 0.717) is 0 Å². The number of anilines is 1. The topological polar surface area (TPSA) is 72.9 Å². The smallest absolute Gasteiger partial charge is 0.317 e. The highest BCUT2D eigenvalue weighted by Crippen LogP contribution is 2.19. The van der Waals surface area contributed by atoms with Gasteiger partial charge in [0.1, 0.15) is 0 Å². The predicted octanol–water partition coefficient (Wildman–Crippen LogP) is 2.11. The van der Waals surface area contributed by atoms with Crippen LogP contribution in [0.25, 0.3) is 0 Å². The lowest BCUT2D eigenvalue weighted by Gasteiger charge is -2.38. The van der Waals surface area contributed by atoms with Crippen LogP contribution in [0.2, 0.25) is 0 Å². The molecule has 1 aromatic carbocycles. The Labute approximate surface area is 149 Å². The third kappa shape index (κ3) is 5.28. The third-order valence-corrected chi connectivity index (χ3v) is 5.21. The molecule has 6 heteroatoms. The number of hydrogen-bond donors (Lipinski definition) is 2. The van der Waals surface area contributed by atoms with Gasteiger partial charge in [0.25, 0.3) is 0 Å². The average molecular weight is 347 g/mol. The lowest BCUT2D eigenvalue weighted by atomic mass is 10.0. The van der Waals surface area contributed by atoms with Gasteiger partial charge in [0, 0.05) is 24.8 Å². The highest BCUT2D eigenvalue weighted by atomic mass is 16.4. The van der Waals surface area contributed by atoms with Gasteiger partial charge in [-0.1, -0.05) is 6.07 Å². The lowest BCUT2D eigenvalue weighted by molar-refractivity contribution is -0.138. The number of hydrogen-bond acceptors (Lipinski definition) is 4. The van der Waals surface area contributed by atoms with Crippen molar-refractivity contribution in [2.45, 2.75) is 45.7 Å². The average Bonchev–Trinajstić information content (AvgIpc) is 2.57. The zero-order valence-electron chi connectivity index (χ0n) is 15.6. The molecule has 0 aliphatic carbocycles. The number of aliphatic carboxylic acids is 1. The Morgan fingerprint density at radius 3 is 2.48 bits per heavy atom. The van der Waals surface area contributed by atoms with Gasteiger partial charge in [-0.3, -0.25) is 19.4 Å². The van der Waals surface area contributed by atoms with Gasteiger partial charge in [-0.25, -0.2) is 0 Å². The second-order valence-corrected chi connectivity index (χ2v) is 7.04. The normalized spacial score (nSPS) is 17.5. The molecule has 6 nitrogen and oxygen atoms in total. The maximum absolute atomic E-state index is 12.5. The molecule has 1 amide bonds. The molecule has 1 heterocycles. The van der Waals surface area contributed by atoms with Crippen molar-refractivity contribution >= 4 is 17.6 Å². The summed E-state index contributed by atoms with van der Waals surface area (Å²) in [5.74, 6) is -0.799. The molecular formula is C19H29N3O3. The molecule has 1 aromatic rings. The summed E-state index contributed by atoms with van der Waals surface area (Å²) in [5.41, 5.74) is 3.20. The molecule has 2 rings (SSSR count). The molecule has 0 saturated carbocycles. The highest BCUT2D eigenvalue weighted by molar-refractivity contribution is 5.94. The summed E-state index contributed by atoms with van der Waals surface area (Å²) in [5, 5.41) is 11.9. The van der Waals surface area contributed by atoms with Gasteiger partial charge < -0.3 is 10.4 Å². The number of benzene rings is 1. The van der Waals surface area contributed by atoms with Crippen molar-refractivity contribution < 1.29 is 14.7 Å². The number of carbonyl (C=O) groups is 2. The van der Waals surface area contributed by atoms with Gasteiger partial charge >= 0.3 is 5.97 Å². The van der Waals surface area contributed by atoms with E-state index in [1.54, 1.807) is 0 Å². The number of rotatable bonds is 6. The first-order valence-electron chi connectivity index (χ1n) is 8.82. The van der Waals surface area contributed by atoms with Crippen LogP contribution in [0.3, 0.4) is 0 Å². The Bertz CT molecular complexity index is 624. The van der Waals surface area contributed by atoms with Crippen molar-refractivity contribution in [3.8, 4) is 0 Å². The van der Waals surface area contributed by atoms with Gasteiger partial charge in [0.2, 0.25) is 5.91 Å². The molecule has 0 bridgehead atoms. The first-order valence-corrected chi connectivity index (χ1v) is 8.82. The zero-order chi connectivity index (χ0) is 18.6. The van der Waals surface area contributed by atoms with E-state index in [2.05, 4.69) is 17.1 Å². The molecule has 138 valence electrons. The standard InChI is InChI=1S/C19H29N3O3/c1-13-5-6-16(11-14(13)2)20-19(25)15(3)22-9-7-17(8-10-22)21(4)12-18(23)24/h5-6,11,15,17H,7-10,12H2,1-4H3,(H,20,25)(H,23,24). The van der Waals surface area contributed by atoms with E-state index >= 15 is 0 Å². The van der Waals surface area contributed by atoms with Crippen LogP contribution in [0.15, 0.2) is 18.2 Å². The number of nitrogens with one attached hydrogen (secondary N) is 1. The minimum Gasteiger partial charge on any atom is -0.480 e. The molecule has 2 N–H and O–H groups in total. The second kappa shape index (κ2) is 8.45. The number of likely N-dealkylation sites (tertiary alicyclic amines) is 1. The third-order valence-electron chi connectivity index (χ3n) is 5.21. The van der Waals surface area contributed by atoms with E-state index in [1.165, 1.54) is 5.56 Å². The van der Waals surface area contributed by atoms with Crippen LogP contribution >= 0.6 is 0 Å². The summed E-state index contributed by atoms with van der Waals surface area (Å²) >= 11 is 0. The Morgan fingerprint density at radius 2 is 1.92 bits per heavy atom. The predicted molar refractivity (Wildman–Crippen MR) is 98.9 cm³/mol. The molecule has 1 fully saturated rings. The number of nitrogens with zero attached hydrogens (tertiary/aromatic N) is 2. The van der Waals surface area contributed by atoms with Crippen molar-refractivity contribution in [1.82, 2.24) is 9.80 Å². The minimum atomic E-state index is -0.800. The number of piperidine rings is 1. The van der Waals surface area contributed by atoms with E-state index in [0.717, 1.165) is 37.2 Å². The van der Waals surface area contributed by atoms with Crippen LogP contribution < -0.4 is 5.32 Å². The second-order valence-electron chi connectivity index (χ2n) is 7.04. The largest absolute Gasteiger partial charge is 0.480 e. The van der Waals surface area contributed by atoms with Crippen molar-refractivity contribution in [2.24, 2.45) is 0 Å². The SMILES string of the molecule is Cc1ccc(NC(=O)C(C)N2CCC(N(C)CC(=O)O)CC2)cc1C. The molecule has 1 unspecified atom stereocenters. The highest BCUT2D eigenvalue weighted by Gasteiger charge is 2.28. The molecular weight excluding hydrogens is 318 g/mol. The van der Waals surface area contributed by atoms with Gasteiger partial charge in [0.15, 0.2) is 0 Å². The van der Waals surface area contributed by atoms with Crippen LogP contribution in [-0.2, 0) is 9.59 Å². The fourth-order valence-corrected chi connectivity index (χ4v) is 3.29. The maximum atomic E-state index is 12.5. The van der Waals surface area contributed by atoms with Crippen LogP contribution in [-0.4, -0.2) is 65.5 Å². The molecule has 0 aromatic heterocycles. The molecule has 0 radical (unpaired) electrons. The van der Waals surface area contributed by atoms with E-state index in [9.17, 15) is 9.59 Å². The fraction of sp³-hybridized carbons (Fsp3) is 0.579. The summed E-state index contributed by atoms with van der Waals surface area (Å²) < 4.78 is 0. The fourth-order valence-electron chi connectivity index (χ4n) is 3.29. The van der Waals surface area contributed by atoms with Gasteiger partial charge in [0.05, 0.1) is 12.6 Å². The maximum Gasteiger partial charge on any atom is 0.317 e. The van der Waals surface area contributed by atoms with Crippen LogP contribution in [0.4, 0.5) is 5.69 Å². The number of carboxylic acids is 1. The number of carboxylic acid groups (broad SMARTS) is 1. The van der Waals surface area contributed by atoms with Crippen molar-refractivity contribution in [3.63, 3.8) is 0 Å². The Balaban J connectivity index is 1.86. The first-order chi connectivity index (χ1) is 11.8. The van der Waals surface area contributed by atoms with Crippen molar-refractivity contribution in [2.75, 3.05) is 32.0 Å². The summed E-state index contributed by atoms with van der Waals surface area (Å²) in [6, 6.07) is 6.00. The number of amides is 1. The van der Waals surface area contributed by atoms with Crippen molar-refractivity contribution in [1.29, 1.82) is 0 Å². The lowest BCUT2D eigenvalue weighted by Crippen LogP contribution is -2.50. The molecule has 1 aliphatic heterocycles. The number of aryl methyl sites for hydroxylation is 2. The first kappa shape index (κ1) is 19.4. The summed E-state index contributed by atoms with van der Waals surface area (Å²) in [4.78, 5) is 27.4. The number of carbonyl (C=O) groups excluding carboxylic acids is 1. The van der Waals surface area contributed by atoms with E-state index < -0.39 is 5.97 Å². The molecule has 25 heavy (non-hydrogen) atoms. The zero-order valence-corrected chi connectivity index (χ0v) is 15.6. The van der Waals surface area contributed by atoms with E-state index in [4.69, 9.17) is 5.11 Å². The van der Waals surface area contributed by atoms with Crippen LogP contribution in [0.5, 0.6) is 0 Å². The van der Waals surface area contributed by atoms with Gasteiger partial charge in [-0.05, 0) is 63.9 Å². The molecule has 0 spiro atoms. The minimum absolute atomic E-state index is 0.000550. The van der Waals surface area contributed by atoms with Crippen molar-refractivity contribution in [3.05, 3.63) is 29.3 Å². The quantitative estimate of drug-likeness (QED) is 0.825. The van der Waals surface area contributed by atoms with E-state index in [1.807, 2.05) is 44.0 Å². The summed E-state index contributed by atoms with van der Waals surface area (Å²) in [6.07, 6.45) is 1.76. The Hall–Kier alpha value is -1.92. The molecule has 1 aliphatic rings. The Kier molecular flexibility index (Phi) is 6.56. The van der Waals surface area contributed by atoms with Crippen LogP contribution in [0, 0.1) is 13.8 Å². The van der Waals surface area contributed by atoms with Gasteiger partial charge in [-0.15, -0.1) is 0 Å². The van der Waals surface area contributed by atoms with Gasteiger partial charge in [-0.2, -0.15) is 0 Å². The number of likely N-dealkylation sites (N-methyl/N-ethyl adjacent to an activating group) is 1. The molecule has 1 saturated heterocycles. The Morgan fingerprint density at radius 1 is 1.28 bits per heavy atom. The monoisotopic (exact) mass is 347 g/mol.